The Hall–Kier alpha value is -2.52. The molecule has 0 unspecified atom stereocenters. The first kappa shape index (κ1) is 17.3. The number of hydrogen-bond donors (Lipinski definition) is 0. The van der Waals surface area contributed by atoms with Gasteiger partial charge in [0.05, 0.1) is 5.56 Å². The number of hydrogen-bond acceptors (Lipinski definition) is 3. The summed E-state index contributed by atoms with van der Waals surface area (Å²) in [5.74, 6) is 2.17. The predicted molar refractivity (Wildman–Crippen MR) is 104 cm³/mol. The molecule has 0 bridgehead atoms. The van der Waals surface area contributed by atoms with Crippen LogP contribution in [0.25, 0.3) is 0 Å². The third-order valence-corrected chi connectivity index (χ3v) is 4.88. The molecular weight excluding hydrogens is 328 g/mol. The molecule has 0 atom stereocenters. The first-order chi connectivity index (χ1) is 12.2. The highest BCUT2D eigenvalue weighted by Crippen LogP contribution is 2.20. The molecule has 0 aliphatic carbocycles. The van der Waals surface area contributed by atoms with Crippen LogP contribution in [0.1, 0.15) is 27.0 Å². The molecule has 0 aliphatic heterocycles. The third kappa shape index (κ3) is 5.23. The molecule has 0 N–H and O–H groups in total. The Morgan fingerprint density at radius 2 is 1.40 bits per heavy atom. The monoisotopic (exact) mass is 348 g/mol. The normalized spacial score (nSPS) is 10.4. The van der Waals surface area contributed by atoms with Crippen molar-refractivity contribution >= 4 is 17.7 Å². The summed E-state index contributed by atoms with van der Waals surface area (Å²) in [6.45, 7) is 1.99. The molecule has 0 amide bonds. The number of esters is 1. The van der Waals surface area contributed by atoms with Crippen LogP contribution in [0.4, 0.5) is 0 Å². The van der Waals surface area contributed by atoms with Crippen molar-refractivity contribution in [2.24, 2.45) is 0 Å². The SMILES string of the molecule is Cc1ccc(C(=O)Oc2ccc(CSCc3ccccc3)cc2)cc1. The lowest BCUT2D eigenvalue weighted by atomic mass is 10.1. The molecule has 0 aliphatic rings. The maximum absolute atomic E-state index is 12.1. The first-order valence-corrected chi connectivity index (χ1v) is 9.35. The molecule has 25 heavy (non-hydrogen) atoms. The number of thioether (sulfide) groups is 1. The predicted octanol–water partition coefficient (Wildman–Crippen LogP) is 5.65. The van der Waals surface area contributed by atoms with Gasteiger partial charge < -0.3 is 4.74 Å². The van der Waals surface area contributed by atoms with Gasteiger partial charge in [0.1, 0.15) is 5.75 Å². The summed E-state index contributed by atoms with van der Waals surface area (Å²) in [4.78, 5) is 12.1. The first-order valence-electron chi connectivity index (χ1n) is 8.20. The summed E-state index contributed by atoms with van der Waals surface area (Å²) in [5.41, 5.74) is 4.23. The molecule has 0 fully saturated rings. The van der Waals surface area contributed by atoms with E-state index >= 15 is 0 Å². The van der Waals surface area contributed by atoms with E-state index in [0.717, 1.165) is 17.1 Å². The fourth-order valence-corrected chi connectivity index (χ4v) is 3.33. The van der Waals surface area contributed by atoms with E-state index in [2.05, 4.69) is 24.3 Å². The van der Waals surface area contributed by atoms with Crippen molar-refractivity contribution in [3.63, 3.8) is 0 Å². The zero-order chi connectivity index (χ0) is 17.5. The lowest BCUT2D eigenvalue weighted by molar-refractivity contribution is 0.0734. The summed E-state index contributed by atoms with van der Waals surface area (Å²) < 4.78 is 5.42. The summed E-state index contributed by atoms with van der Waals surface area (Å²) in [6.07, 6.45) is 0. The van der Waals surface area contributed by atoms with Crippen molar-refractivity contribution in [1.82, 2.24) is 0 Å². The van der Waals surface area contributed by atoms with E-state index in [1.54, 1.807) is 12.1 Å². The molecule has 0 saturated carbocycles. The van der Waals surface area contributed by atoms with Crippen molar-refractivity contribution in [3.05, 3.63) is 101 Å². The fraction of sp³-hybridized carbons (Fsp3) is 0.136. The van der Waals surface area contributed by atoms with E-state index in [1.807, 2.05) is 61.2 Å². The summed E-state index contributed by atoms with van der Waals surface area (Å²) >= 11 is 1.87. The quantitative estimate of drug-likeness (QED) is 0.425. The molecule has 0 heterocycles. The highest BCUT2D eigenvalue weighted by atomic mass is 32.2. The Morgan fingerprint density at radius 1 is 0.800 bits per heavy atom. The maximum Gasteiger partial charge on any atom is 0.343 e. The molecule has 2 nitrogen and oxygen atoms in total. The van der Waals surface area contributed by atoms with Gasteiger partial charge >= 0.3 is 5.97 Å². The Morgan fingerprint density at radius 3 is 2.04 bits per heavy atom. The van der Waals surface area contributed by atoms with Crippen LogP contribution in [0.2, 0.25) is 0 Å². The molecule has 0 aromatic heterocycles. The summed E-state index contributed by atoms with van der Waals surface area (Å²) in [5, 5.41) is 0. The van der Waals surface area contributed by atoms with Gasteiger partial charge in [-0.3, -0.25) is 0 Å². The average Bonchev–Trinajstić information content (AvgIpc) is 2.64. The molecule has 0 radical (unpaired) electrons. The molecule has 0 spiro atoms. The highest BCUT2D eigenvalue weighted by Gasteiger charge is 2.08. The minimum atomic E-state index is -0.328. The van der Waals surface area contributed by atoms with Gasteiger partial charge in [-0.15, -0.1) is 0 Å². The van der Waals surface area contributed by atoms with Crippen LogP contribution in [-0.2, 0) is 11.5 Å². The Labute approximate surface area is 152 Å². The van der Waals surface area contributed by atoms with Crippen molar-refractivity contribution < 1.29 is 9.53 Å². The standard InChI is InChI=1S/C22H20O2S/c1-17-7-11-20(12-8-17)22(23)24-21-13-9-19(10-14-21)16-25-15-18-5-3-2-4-6-18/h2-14H,15-16H2,1H3. The zero-order valence-corrected chi connectivity index (χ0v) is 15.0. The second-order valence-electron chi connectivity index (χ2n) is 5.88. The topological polar surface area (TPSA) is 26.3 Å². The summed E-state index contributed by atoms with van der Waals surface area (Å²) in [7, 11) is 0. The van der Waals surface area contributed by atoms with Gasteiger partial charge in [0.25, 0.3) is 0 Å². The smallest absolute Gasteiger partial charge is 0.343 e. The third-order valence-electron chi connectivity index (χ3n) is 3.80. The van der Waals surface area contributed by atoms with Crippen LogP contribution in [-0.4, -0.2) is 5.97 Å². The number of carbonyl (C=O) groups excluding carboxylic acids is 1. The van der Waals surface area contributed by atoms with Crippen molar-refractivity contribution in [2.75, 3.05) is 0 Å². The Bertz CT molecular complexity index is 809. The molecule has 126 valence electrons. The molecular formula is C22H20O2S. The molecule has 0 saturated heterocycles. The number of carbonyl (C=O) groups is 1. The maximum atomic E-state index is 12.1. The van der Waals surface area contributed by atoms with Gasteiger partial charge in [0, 0.05) is 11.5 Å². The lowest BCUT2D eigenvalue weighted by Crippen LogP contribution is -2.08. The van der Waals surface area contributed by atoms with Crippen molar-refractivity contribution in [1.29, 1.82) is 0 Å². The van der Waals surface area contributed by atoms with E-state index in [0.29, 0.717) is 11.3 Å². The minimum absolute atomic E-state index is 0.328. The van der Waals surface area contributed by atoms with Crippen LogP contribution < -0.4 is 4.74 Å². The largest absolute Gasteiger partial charge is 0.423 e. The van der Waals surface area contributed by atoms with E-state index < -0.39 is 0 Å². The highest BCUT2D eigenvalue weighted by molar-refractivity contribution is 7.97. The van der Waals surface area contributed by atoms with Crippen LogP contribution in [0, 0.1) is 6.92 Å². The fourth-order valence-electron chi connectivity index (χ4n) is 2.37. The molecule has 3 heteroatoms. The Balaban J connectivity index is 1.51. The lowest BCUT2D eigenvalue weighted by Gasteiger charge is -2.06. The van der Waals surface area contributed by atoms with E-state index in [4.69, 9.17) is 4.74 Å². The second-order valence-corrected chi connectivity index (χ2v) is 6.86. The van der Waals surface area contributed by atoms with Gasteiger partial charge in [-0.25, -0.2) is 4.79 Å². The van der Waals surface area contributed by atoms with Crippen LogP contribution >= 0.6 is 11.8 Å². The zero-order valence-electron chi connectivity index (χ0n) is 14.1. The molecule has 3 aromatic rings. The van der Waals surface area contributed by atoms with Gasteiger partial charge in [-0.2, -0.15) is 11.8 Å². The molecule has 3 rings (SSSR count). The van der Waals surface area contributed by atoms with Gasteiger partial charge in [0.15, 0.2) is 0 Å². The van der Waals surface area contributed by atoms with Crippen LogP contribution in [0.5, 0.6) is 5.75 Å². The van der Waals surface area contributed by atoms with Gasteiger partial charge in [0.2, 0.25) is 0 Å². The Kier molecular flexibility index (Phi) is 5.91. The van der Waals surface area contributed by atoms with E-state index in [9.17, 15) is 4.79 Å². The van der Waals surface area contributed by atoms with Crippen molar-refractivity contribution in [3.8, 4) is 5.75 Å². The van der Waals surface area contributed by atoms with Gasteiger partial charge in [-0.05, 0) is 42.3 Å². The van der Waals surface area contributed by atoms with E-state index in [1.165, 1.54) is 11.1 Å². The van der Waals surface area contributed by atoms with Gasteiger partial charge in [-0.1, -0.05) is 60.2 Å². The number of rotatable bonds is 6. The number of benzene rings is 3. The minimum Gasteiger partial charge on any atom is -0.423 e. The number of ether oxygens (including phenoxy) is 1. The molecule has 3 aromatic carbocycles. The van der Waals surface area contributed by atoms with E-state index in [-0.39, 0.29) is 5.97 Å². The van der Waals surface area contributed by atoms with Crippen LogP contribution in [0.3, 0.4) is 0 Å². The van der Waals surface area contributed by atoms with Crippen LogP contribution in [0.15, 0.2) is 78.9 Å². The number of aryl methyl sites for hydroxylation is 1. The average molecular weight is 348 g/mol. The second kappa shape index (κ2) is 8.54. The van der Waals surface area contributed by atoms with Crippen molar-refractivity contribution in [2.45, 2.75) is 18.4 Å². The summed E-state index contributed by atoms with van der Waals surface area (Å²) in [6, 6.07) is 25.5.